The highest BCUT2D eigenvalue weighted by Crippen LogP contribution is 2.15. The Morgan fingerprint density at radius 2 is 1.65 bits per heavy atom. The van der Waals surface area contributed by atoms with Crippen molar-refractivity contribution in [3.8, 4) is 5.75 Å². The predicted octanol–water partition coefficient (Wildman–Crippen LogP) is 2.98. The number of rotatable bonds is 6. The van der Waals surface area contributed by atoms with E-state index in [-0.39, 0.29) is 0 Å². The smallest absolute Gasteiger partial charge is 0.346 e. The van der Waals surface area contributed by atoms with Crippen LogP contribution >= 0.6 is 0 Å². The maximum absolute atomic E-state index is 11.9. The number of hydrogen-bond donors (Lipinski definition) is 0. The molecule has 0 aliphatic heterocycles. The second-order valence-corrected chi connectivity index (χ2v) is 4.87. The highest BCUT2D eigenvalue weighted by molar-refractivity contribution is 5.91. The third kappa shape index (κ3) is 4.85. The topological polar surface area (TPSA) is 61.8 Å². The second kappa shape index (κ2) is 7.98. The molecule has 0 N–H and O–H groups in total. The van der Waals surface area contributed by atoms with E-state index in [9.17, 15) is 9.59 Å². The summed E-state index contributed by atoms with van der Waals surface area (Å²) in [7, 11) is 1.24. The number of methoxy groups -OCH3 is 1. The van der Waals surface area contributed by atoms with E-state index in [0.29, 0.717) is 17.9 Å². The average Bonchev–Trinajstić information content (AvgIpc) is 2.60. The van der Waals surface area contributed by atoms with Crippen molar-refractivity contribution in [1.29, 1.82) is 0 Å². The van der Waals surface area contributed by atoms with Crippen molar-refractivity contribution in [1.82, 2.24) is 0 Å². The lowest BCUT2D eigenvalue weighted by Crippen LogP contribution is -2.25. The largest absolute Gasteiger partial charge is 0.489 e. The fourth-order valence-electron chi connectivity index (χ4n) is 1.87. The van der Waals surface area contributed by atoms with Gasteiger partial charge < -0.3 is 14.2 Å². The van der Waals surface area contributed by atoms with Crippen LogP contribution in [0.2, 0.25) is 0 Å². The van der Waals surface area contributed by atoms with Gasteiger partial charge in [-0.3, -0.25) is 0 Å². The van der Waals surface area contributed by atoms with E-state index in [2.05, 4.69) is 4.74 Å². The van der Waals surface area contributed by atoms with Crippen LogP contribution in [0.4, 0.5) is 0 Å². The summed E-state index contributed by atoms with van der Waals surface area (Å²) in [4.78, 5) is 23.1. The standard InChI is InChI=1S/C18H18O5/c1-13(17(19)21-2)23-18(20)15-8-10-16(11-9-15)22-12-14-6-4-3-5-7-14/h3-11,13H,12H2,1-2H3/t13-/m1/s1. The quantitative estimate of drug-likeness (QED) is 0.767. The molecular weight excluding hydrogens is 296 g/mol. The van der Waals surface area contributed by atoms with E-state index in [1.165, 1.54) is 14.0 Å². The highest BCUT2D eigenvalue weighted by atomic mass is 16.6. The van der Waals surface area contributed by atoms with Crippen molar-refractivity contribution < 1.29 is 23.8 Å². The lowest BCUT2D eigenvalue weighted by molar-refractivity contribution is -0.149. The Morgan fingerprint density at radius 3 is 2.26 bits per heavy atom. The molecule has 0 fully saturated rings. The SMILES string of the molecule is COC(=O)[C@@H](C)OC(=O)c1ccc(OCc2ccccc2)cc1. The van der Waals surface area contributed by atoms with Crippen LogP contribution in [0.25, 0.3) is 0 Å². The fourth-order valence-corrected chi connectivity index (χ4v) is 1.87. The molecule has 0 aromatic heterocycles. The van der Waals surface area contributed by atoms with Gasteiger partial charge in [-0.1, -0.05) is 30.3 Å². The second-order valence-electron chi connectivity index (χ2n) is 4.87. The number of ether oxygens (including phenoxy) is 3. The van der Waals surface area contributed by atoms with Gasteiger partial charge in [0.25, 0.3) is 0 Å². The van der Waals surface area contributed by atoms with Gasteiger partial charge in [-0.2, -0.15) is 0 Å². The molecule has 0 aliphatic rings. The lowest BCUT2D eigenvalue weighted by atomic mass is 10.2. The molecule has 0 amide bonds. The Balaban J connectivity index is 1.91. The molecule has 0 bridgehead atoms. The van der Waals surface area contributed by atoms with Crippen LogP contribution in [0, 0.1) is 0 Å². The Labute approximate surface area is 134 Å². The Kier molecular flexibility index (Phi) is 5.74. The Hall–Kier alpha value is -2.82. The predicted molar refractivity (Wildman–Crippen MR) is 84.1 cm³/mol. The zero-order chi connectivity index (χ0) is 16.7. The molecule has 5 heteroatoms. The van der Waals surface area contributed by atoms with Gasteiger partial charge in [-0.25, -0.2) is 9.59 Å². The van der Waals surface area contributed by atoms with Gasteiger partial charge >= 0.3 is 11.9 Å². The van der Waals surface area contributed by atoms with Crippen molar-refractivity contribution in [3.05, 3.63) is 65.7 Å². The molecule has 0 saturated heterocycles. The van der Waals surface area contributed by atoms with Crippen molar-refractivity contribution in [2.45, 2.75) is 19.6 Å². The number of esters is 2. The van der Waals surface area contributed by atoms with E-state index in [0.717, 1.165) is 5.56 Å². The van der Waals surface area contributed by atoms with E-state index in [1.807, 2.05) is 30.3 Å². The molecular formula is C18H18O5. The summed E-state index contributed by atoms with van der Waals surface area (Å²) in [6.45, 7) is 1.91. The molecule has 2 aromatic carbocycles. The summed E-state index contributed by atoms with van der Waals surface area (Å²) in [5.74, 6) is -0.537. The first-order valence-electron chi connectivity index (χ1n) is 7.15. The van der Waals surface area contributed by atoms with Crippen LogP contribution in [0.15, 0.2) is 54.6 Å². The van der Waals surface area contributed by atoms with Gasteiger partial charge in [0.05, 0.1) is 12.7 Å². The monoisotopic (exact) mass is 314 g/mol. The Bertz CT molecular complexity index is 649. The minimum atomic E-state index is -0.943. The van der Waals surface area contributed by atoms with Gasteiger partial charge in [-0.05, 0) is 36.8 Å². The van der Waals surface area contributed by atoms with Gasteiger partial charge in [0.1, 0.15) is 12.4 Å². The van der Waals surface area contributed by atoms with E-state index >= 15 is 0 Å². The maximum Gasteiger partial charge on any atom is 0.346 e. The molecule has 0 unspecified atom stereocenters. The normalized spacial score (nSPS) is 11.4. The van der Waals surface area contributed by atoms with Crippen molar-refractivity contribution in [2.75, 3.05) is 7.11 Å². The van der Waals surface area contributed by atoms with Crippen LogP contribution in [0.3, 0.4) is 0 Å². The number of hydrogen-bond acceptors (Lipinski definition) is 5. The van der Waals surface area contributed by atoms with Crippen molar-refractivity contribution in [2.24, 2.45) is 0 Å². The Morgan fingerprint density at radius 1 is 1.00 bits per heavy atom. The molecule has 0 radical (unpaired) electrons. The van der Waals surface area contributed by atoms with E-state index < -0.39 is 18.0 Å². The summed E-state index contributed by atoms with van der Waals surface area (Å²) in [6, 6.07) is 16.3. The van der Waals surface area contributed by atoms with E-state index in [1.54, 1.807) is 24.3 Å². The molecule has 0 spiro atoms. The number of carbonyl (C=O) groups is 2. The summed E-state index contributed by atoms with van der Waals surface area (Å²) in [5, 5.41) is 0. The van der Waals surface area contributed by atoms with Crippen LogP contribution in [0.5, 0.6) is 5.75 Å². The van der Waals surface area contributed by atoms with Gasteiger partial charge in [0.15, 0.2) is 6.10 Å². The molecule has 23 heavy (non-hydrogen) atoms. The van der Waals surface area contributed by atoms with Crippen molar-refractivity contribution >= 4 is 11.9 Å². The van der Waals surface area contributed by atoms with Crippen LogP contribution in [-0.4, -0.2) is 25.2 Å². The van der Waals surface area contributed by atoms with Crippen molar-refractivity contribution in [3.63, 3.8) is 0 Å². The molecule has 2 aromatic rings. The average molecular weight is 314 g/mol. The first-order chi connectivity index (χ1) is 11.1. The zero-order valence-corrected chi connectivity index (χ0v) is 13.0. The van der Waals surface area contributed by atoms with Crippen LogP contribution in [-0.2, 0) is 20.9 Å². The highest BCUT2D eigenvalue weighted by Gasteiger charge is 2.19. The van der Waals surface area contributed by atoms with Gasteiger partial charge in [-0.15, -0.1) is 0 Å². The number of carbonyl (C=O) groups excluding carboxylic acids is 2. The fraction of sp³-hybridized carbons (Fsp3) is 0.222. The first kappa shape index (κ1) is 16.5. The molecule has 0 saturated carbocycles. The molecule has 2 rings (SSSR count). The zero-order valence-electron chi connectivity index (χ0n) is 13.0. The maximum atomic E-state index is 11.9. The molecule has 0 heterocycles. The first-order valence-corrected chi connectivity index (χ1v) is 7.15. The summed E-state index contributed by atoms with van der Waals surface area (Å²) in [5.41, 5.74) is 1.40. The molecule has 1 atom stereocenters. The van der Waals surface area contributed by atoms with E-state index in [4.69, 9.17) is 9.47 Å². The van der Waals surface area contributed by atoms with Crippen LogP contribution < -0.4 is 4.74 Å². The minimum Gasteiger partial charge on any atom is -0.489 e. The number of benzene rings is 2. The molecule has 120 valence electrons. The van der Waals surface area contributed by atoms with Gasteiger partial charge in [0, 0.05) is 0 Å². The summed E-state index contributed by atoms with van der Waals surface area (Å²) in [6.07, 6.45) is -0.943. The molecule has 0 aliphatic carbocycles. The summed E-state index contributed by atoms with van der Waals surface area (Å²) < 4.78 is 15.1. The molecule has 5 nitrogen and oxygen atoms in total. The summed E-state index contributed by atoms with van der Waals surface area (Å²) >= 11 is 0. The third-order valence-electron chi connectivity index (χ3n) is 3.16. The lowest BCUT2D eigenvalue weighted by Gasteiger charge is -2.11. The van der Waals surface area contributed by atoms with Gasteiger partial charge in [0.2, 0.25) is 0 Å². The van der Waals surface area contributed by atoms with Crippen LogP contribution in [0.1, 0.15) is 22.8 Å². The third-order valence-corrected chi connectivity index (χ3v) is 3.16. The minimum absolute atomic E-state index is 0.341.